The number of aromatic nitrogens is 2. The second-order valence-corrected chi connectivity index (χ2v) is 9.76. The van der Waals surface area contributed by atoms with Crippen molar-refractivity contribution >= 4 is 52.7 Å². The number of nitrogens with zero attached hydrogens (tertiary/aromatic N) is 4. The van der Waals surface area contributed by atoms with Crippen LogP contribution >= 0.6 is 34.8 Å². The summed E-state index contributed by atoms with van der Waals surface area (Å²) in [7, 11) is 1.54. The fourth-order valence-corrected chi connectivity index (χ4v) is 4.64. The second-order valence-electron chi connectivity index (χ2n) is 8.51. The minimum absolute atomic E-state index is 0.107. The van der Waals surface area contributed by atoms with Crippen LogP contribution in [0.25, 0.3) is 0 Å². The average Bonchev–Trinajstić information content (AvgIpc) is 3.28. The molecule has 1 aromatic heterocycles. The van der Waals surface area contributed by atoms with Gasteiger partial charge < -0.3 is 19.6 Å². The topological polar surface area (TPSA) is 121 Å². The number of ether oxygens (including phenoxy) is 2. The molecule has 4 aromatic rings. The molecule has 0 unspecified atom stereocenters. The zero-order valence-corrected chi connectivity index (χ0v) is 23.5. The molecule has 0 aliphatic rings. The Kier molecular flexibility index (Phi) is 9.26. The molecule has 0 atom stereocenters. The lowest BCUT2D eigenvalue weighted by molar-refractivity contribution is -0.389. The third-order valence-corrected chi connectivity index (χ3v) is 6.50. The molecule has 0 saturated carbocycles. The van der Waals surface area contributed by atoms with E-state index in [1.165, 1.54) is 29.1 Å². The number of carbonyl (C=O) groups excluding carboxylic acids is 1. The smallest absolute Gasteiger partial charge is 0.390 e. The first kappa shape index (κ1) is 28.9. The molecule has 1 amide bonds. The number of hydrogen-bond acceptors (Lipinski definition) is 7. The number of benzene rings is 3. The summed E-state index contributed by atoms with van der Waals surface area (Å²) in [5.74, 6) is 0.270. The van der Waals surface area contributed by atoms with Crippen molar-refractivity contribution < 1.29 is 19.2 Å². The first-order chi connectivity index (χ1) is 19.1. The van der Waals surface area contributed by atoms with Gasteiger partial charge in [0.25, 0.3) is 5.91 Å². The van der Waals surface area contributed by atoms with Gasteiger partial charge in [-0.15, -0.1) is 0 Å². The first-order valence-corrected chi connectivity index (χ1v) is 12.8. The number of methoxy groups -OCH3 is 1. The summed E-state index contributed by atoms with van der Waals surface area (Å²) < 4.78 is 12.8. The van der Waals surface area contributed by atoms with E-state index in [0.29, 0.717) is 45.5 Å². The summed E-state index contributed by atoms with van der Waals surface area (Å²) in [5, 5.41) is 19.9. The Morgan fingerprint density at radius 2 is 1.80 bits per heavy atom. The Bertz CT molecular complexity index is 1570. The molecule has 0 fully saturated rings. The molecule has 40 heavy (non-hydrogen) atoms. The van der Waals surface area contributed by atoms with Gasteiger partial charge in [0.1, 0.15) is 12.4 Å². The largest absolute Gasteiger partial charge is 0.496 e. The predicted molar refractivity (Wildman–Crippen MR) is 153 cm³/mol. The molecule has 0 saturated heterocycles. The highest BCUT2D eigenvalue weighted by Crippen LogP contribution is 2.36. The molecular weight excluding hydrogens is 581 g/mol. The molecule has 1 N–H and O–H groups in total. The van der Waals surface area contributed by atoms with E-state index in [-0.39, 0.29) is 22.5 Å². The van der Waals surface area contributed by atoms with Crippen LogP contribution in [-0.4, -0.2) is 33.9 Å². The Hall–Kier alpha value is -4.12. The molecule has 13 heteroatoms. The SMILES string of the molecule is COc1ccc(/C=N\NC(=O)c2ccc(Cn3nc([N+](=O)[O-])cc3C)cc2)cc1COc1c(Cl)cc(Cl)cc1Cl. The third kappa shape index (κ3) is 7.09. The van der Waals surface area contributed by atoms with Crippen molar-refractivity contribution in [2.75, 3.05) is 7.11 Å². The Balaban J connectivity index is 1.38. The van der Waals surface area contributed by atoms with Gasteiger partial charge in [-0.3, -0.25) is 4.79 Å². The van der Waals surface area contributed by atoms with Crippen LogP contribution in [0.5, 0.6) is 11.5 Å². The molecular formula is C27H22Cl3N5O5. The summed E-state index contributed by atoms with van der Waals surface area (Å²) in [4.78, 5) is 22.9. The normalized spacial score (nSPS) is 11.0. The summed E-state index contributed by atoms with van der Waals surface area (Å²) >= 11 is 18.4. The molecule has 0 aliphatic carbocycles. The van der Waals surface area contributed by atoms with Crippen molar-refractivity contribution in [2.24, 2.45) is 5.10 Å². The molecule has 3 aromatic carbocycles. The maximum atomic E-state index is 12.6. The van der Waals surface area contributed by atoms with Gasteiger partial charge in [0.05, 0.1) is 46.8 Å². The number of rotatable bonds is 10. The quantitative estimate of drug-likeness (QED) is 0.126. The fraction of sp³-hybridized carbons (Fsp3) is 0.148. The predicted octanol–water partition coefficient (Wildman–Crippen LogP) is 6.46. The maximum absolute atomic E-state index is 12.6. The first-order valence-electron chi connectivity index (χ1n) is 11.7. The van der Waals surface area contributed by atoms with Crippen molar-refractivity contribution in [3.63, 3.8) is 0 Å². The van der Waals surface area contributed by atoms with Gasteiger partial charge in [0, 0.05) is 16.1 Å². The van der Waals surface area contributed by atoms with Crippen molar-refractivity contribution in [2.45, 2.75) is 20.1 Å². The van der Waals surface area contributed by atoms with Gasteiger partial charge in [-0.05, 0) is 65.4 Å². The number of hydrogen-bond donors (Lipinski definition) is 1. The van der Waals surface area contributed by atoms with Gasteiger partial charge in [0.15, 0.2) is 5.75 Å². The summed E-state index contributed by atoms with van der Waals surface area (Å²) in [6, 6.07) is 16.6. The molecule has 0 bridgehead atoms. The van der Waals surface area contributed by atoms with E-state index in [2.05, 4.69) is 15.6 Å². The maximum Gasteiger partial charge on any atom is 0.390 e. The van der Waals surface area contributed by atoms with Crippen LogP contribution in [0.4, 0.5) is 5.82 Å². The van der Waals surface area contributed by atoms with E-state index in [1.54, 1.807) is 56.5 Å². The highest BCUT2D eigenvalue weighted by molar-refractivity contribution is 6.40. The van der Waals surface area contributed by atoms with Gasteiger partial charge in [0.2, 0.25) is 0 Å². The summed E-state index contributed by atoms with van der Waals surface area (Å²) in [5.41, 5.74) is 5.77. The van der Waals surface area contributed by atoms with E-state index >= 15 is 0 Å². The van der Waals surface area contributed by atoms with Crippen molar-refractivity contribution in [1.82, 2.24) is 15.2 Å². The minimum Gasteiger partial charge on any atom is -0.496 e. The van der Waals surface area contributed by atoms with E-state index in [4.69, 9.17) is 44.3 Å². The molecule has 4 rings (SSSR count). The fourth-order valence-electron chi connectivity index (χ4n) is 3.71. The van der Waals surface area contributed by atoms with Crippen LogP contribution in [0.1, 0.15) is 32.7 Å². The molecule has 0 spiro atoms. The van der Waals surface area contributed by atoms with Gasteiger partial charge in [-0.2, -0.15) is 9.78 Å². The Labute approximate surface area is 244 Å². The minimum atomic E-state index is -0.536. The van der Waals surface area contributed by atoms with E-state index in [1.807, 2.05) is 0 Å². The van der Waals surface area contributed by atoms with E-state index < -0.39 is 10.8 Å². The molecule has 1 heterocycles. The standard InChI is InChI=1S/C27H22Cl3N5O5/c1-16-9-25(35(37)38)33-34(16)14-17-3-6-19(7-4-17)27(36)32-31-13-18-5-8-24(39-2)20(10-18)15-40-26-22(29)11-21(28)12-23(26)30/h3-13H,14-15H2,1-2H3,(H,32,36)/b31-13-. The monoisotopic (exact) mass is 601 g/mol. The molecule has 0 radical (unpaired) electrons. The highest BCUT2D eigenvalue weighted by atomic mass is 35.5. The van der Waals surface area contributed by atoms with Gasteiger partial charge in [-0.25, -0.2) is 5.43 Å². The Morgan fingerprint density at radius 1 is 1.10 bits per heavy atom. The summed E-state index contributed by atoms with van der Waals surface area (Å²) in [6.07, 6.45) is 1.49. The zero-order chi connectivity index (χ0) is 28.8. The van der Waals surface area contributed by atoms with E-state index in [9.17, 15) is 14.9 Å². The lowest BCUT2D eigenvalue weighted by atomic mass is 10.1. The van der Waals surface area contributed by atoms with Crippen LogP contribution < -0.4 is 14.9 Å². The zero-order valence-electron chi connectivity index (χ0n) is 21.2. The molecule has 206 valence electrons. The lowest BCUT2D eigenvalue weighted by Crippen LogP contribution is -2.17. The molecule has 0 aliphatic heterocycles. The summed E-state index contributed by atoms with van der Waals surface area (Å²) in [6.45, 7) is 2.18. The number of aryl methyl sites for hydroxylation is 1. The number of nitro groups is 1. The van der Waals surface area contributed by atoms with Crippen LogP contribution in [-0.2, 0) is 13.2 Å². The van der Waals surface area contributed by atoms with E-state index in [0.717, 1.165) is 5.56 Å². The van der Waals surface area contributed by atoms with Gasteiger partial charge in [-0.1, -0.05) is 46.9 Å². The number of hydrazone groups is 1. The van der Waals surface area contributed by atoms with Crippen LogP contribution in [0.2, 0.25) is 15.1 Å². The number of halogens is 3. The van der Waals surface area contributed by atoms with Crippen molar-refractivity contribution in [3.05, 3.63) is 114 Å². The number of carbonyl (C=O) groups is 1. The average molecular weight is 603 g/mol. The van der Waals surface area contributed by atoms with Gasteiger partial charge >= 0.3 is 5.82 Å². The van der Waals surface area contributed by atoms with Crippen molar-refractivity contribution in [3.8, 4) is 11.5 Å². The third-order valence-electron chi connectivity index (χ3n) is 5.72. The lowest BCUT2D eigenvalue weighted by Gasteiger charge is -2.13. The van der Waals surface area contributed by atoms with Crippen LogP contribution in [0.15, 0.2) is 65.8 Å². The second kappa shape index (κ2) is 12.8. The highest BCUT2D eigenvalue weighted by Gasteiger charge is 2.16. The van der Waals surface area contributed by atoms with Crippen molar-refractivity contribution in [1.29, 1.82) is 0 Å². The number of amides is 1. The van der Waals surface area contributed by atoms with Crippen LogP contribution in [0, 0.1) is 17.0 Å². The number of nitrogens with one attached hydrogen (secondary N) is 1. The van der Waals surface area contributed by atoms with Crippen LogP contribution in [0.3, 0.4) is 0 Å². The molecule has 10 nitrogen and oxygen atoms in total. The Morgan fingerprint density at radius 3 is 2.42 bits per heavy atom.